The van der Waals surface area contributed by atoms with Crippen LogP contribution in [0.25, 0.3) is 0 Å². The van der Waals surface area contributed by atoms with Gasteiger partial charge < -0.3 is 14.6 Å². The third-order valence-corrected chi connectivity index (χ3v) is 6.00. The van der Waals surface area contributed by atoms with Crippen molar-refractivity contribution in [2.45, 2.75) is 59.7 Å². The molecule has 0 unspecified atom stereocenters. The highest BCUT2D eigenvalue weighted by Crippen LogP contribution is 2.30. The van der Waals surface area contributed by atoms with Gasteiger partial charge in [-0.2, -0.15) is 0 Å². The summed E-state index contributed by atoms with van der Waals surface area (Å²) in [6.07, 6.45) is 1.92. The normalized spacial score (nSPS) is 15.6. The summed E-state index contributed by atoms with van der Waals surface area (Å²) in [6.45, 7) is 11.9. The van der Waals surface area contributed by atoms with E-state index in [9.17, 15) is 4.79 Å². The fourth-order valence-electron chi connectivity index (χ4n) is 3.37. The lowest BCUT2D eigenvalue weighted by Crippen LogP contribution is -2.34. The Kier molecular flexibility index (Phi) is 6.68. The molecule has 1 atom stereocenters. The largest absolute Gasteiger partial charge is 0.377 e. The molecule has 1 aliphatic heterocycles. The number of hydrogen-bond acceptors (Lipinski definition) is 6. The van der Waals surface area contributed by atoms with E-state index in [1.807, 2.05) is 26.2 Å². The molecule has 0 saturated heterocycles. The minimum absolute atomic E-state index is 0.0126. The molecule has 0 aliphatic carbocycles. The van der Waals surface area contributed by atoms with E-state index in [2.05, 4.69) is 22.3 Å². The molecule has 1 aliphatic rings. The van der Waals surface area contributed by atoms with E-state index in [4.69, 9.17) is 9.26 Å². The monoisotopic (exact) mass is 391 g/mol. The Morgan fingerprint density at radius 2 is 2.30 bits per heavy atom. The molecular weight excluding hydrogens is 362 g/mol. The molecule has 3 rings (SSSR count). The summed E-state index contributed by atoms with van der Waals surface area (Å²) in [4.78, 5) is 16.3. The second-order valence-corrected chi connectivity index (χ2v) is 8.17. The molecule has 0 radical (unpaired) electrons. The van der Waals surface area contributed by atoms with Gasteiger partial charge in [0.15, 0.2) is 0 Å². The topological polar surface area (TPSA) is 67.6 Å². The molecule has 2 aromatic rings. The van der Waals surface area contributed by atoms with Crippen molar-refractivity contribution >= 4 is 17.2 Å². The Balaban J connectivity index is 1.58. The molecule has 6 nitrogen and oxygen atoms in total. The number of hydrogen-bond donors (Lipinski definition) is 1. The molecule has 0 bridgehead atoms. The van der Waals surface area contributed by atoms with Gasteiger partial charge in [0.25, 0.3) is 5.91 Å². The van der Waals surface area contributed by atoms with E-state index in [1.165, 1.54) is 16.0 Å². The number of nitrogens with zero attached hydrogens (tertiary/aromatic N) is 2. The summed E-state index contributed by atoms with van der Waals surface area (Å²) in [5.41, 5.74) is 4.17. The number of aromatic nitrogens is 1. The Morgan fingerprint density at radius 1 is 1.48 bits per heavy atom. The van der Waals surface area contributed by atoms with Gasteiger partial charge in [-0.1, -0.05) is 12.1 Å². The Labute approximate surface area is 164 Å². The van der Waals surface area contributed by atoms with Crippen LogP contribution in [0.3, 0.4) is 0 Å². The van der Waals surface area contributed by atoms with Gasteiger partial charge in [0.05, 0.1) is 17.4 Å². The minimum Gasteiger partial charge on any atom is -0.377 e. The molecule has 3 heterocycles. The van der Waals surface area contributed by atoms with Gasteiger partial charge in [-0.3, -0.25) is 9.69 Å². The van der Waals surface area contributed by atoms with E-state index >= 15 is 0 Å². The number of aryl methyl sites for hydroxylation is 2. The van der Waals surface area contributed by atoms with Crippen LogP contribution in [-0.2, 0) is 24.2 Å². The van der Waals surface area contributed by atoms with Crippen molar-refractivity contribution in [3.05, 3.63) is 38.4 Å². The van der Waals surface area contributed by atoms with Crippen LogP contribution in [0.1, 0.15) is 58.1 Å². The maximum atomic E-state index is 12.6. The van der Waals surface area contributed by atoms with Gasteiger partial charge in [-0.25, -0.2) is 0 Å². The molecule has 0 spiro atoms. The van der Waals surface area contributed by atoms with E-state index < -0.39 is 0 Å². The lowest BCUT2D eigenvalue weighted by atomic mass is 10.0. The van der Waals surface area contributed by atoms with Crippen molar-refractivity contribution in [1.82, 2.24) is 15.4 Å². The zero-order chi connectivity index (χ0) is 19.4. The average molecular weight is 392 g/mol. The number of carbonyl (C=O) groups is 1. The van der Waals surface area contributed by atoms with Crippen LogP contribution in [0.15, 0.2) is 9.90 Å². The summed E-state index contributed by atoms with van der Waals surface area (Å²) >= 11 is 1.68. The number of ether oxygens (including phenoxy) is 1. The fraction of sp³-hybridized carbons (Fsp3) is 0.600. The first-order chi connectivity index (χ1) is 13.0. The molecule has 0 fully saturated rings. The SMILES string of the molecule is CCCO[C@H](C)CNC(=O)c1csc2c1CCN(Cc1c(C)noc1C)C2. The first-order valence-electron chi connectivity index (χ1n) is 9.62. The van der Waals surface area contributed by atoms with E-state index in [1.54, 1.807) is 11.3 Å². The molecule has 148 valence electrons. The van der Waals surface area contributed by atoms with Crippen molar-refractivity contribution in [3.63, 3.8) is 0 Å². The van der Waals surface area contributed by atoms with E-state index in [0.717, 1.165) is 56.1 Å². The highest BCUT2D eigenvalue weighted by atomic mass is 32.1. The third kappa shape index (κ3) is 4.78. The second-order valence-electron chi connectivity index (χ2n) is 7.21. The minimum atomic E-state index is 0.0126. The first-order valence-corrected chi connectivity index (χ1v) is 10.5. The van der Waals surface area contributed by atoms with Crippen molar-refractivity contribution in [1.29, 1.82) is 0 Å². The maximum Gasteiger partial charge on any atom is 0.252 e. The highest BCUT2D eigenvalue weighted by Gasteiger charge is 2.25. The van der Waals surface area contributed by atoms with Crippen molar-refractivity contribution in [2.75, 3.05) is 19.7 Å². The molecular formula is C20H29N3O3S. The maximum absolute atomic E-state index is 12.6. The number of rotatable bonds is 8. The Hall–Kier alpha value is -1.70. The highest BCUT2D eigenvalue weighted by molar-refractivity contribution is 7.10. The lowest BCUT2D eigenvalue weighted by molar-refractivity contribution is 0.0621. The summed E-state index contributed by atoms with van der Waals surface area (Å²) < 4.78 is 10.9. The average Bonchev–Trinajstić information content (AvgIpc) is 3.22. The number of thiophene rings is 1. The van der Waals surface area contributed by atoms with E-state index in [0.29, 0.717) is 6.54 Å². The third-order valence-electron chi connectivity index (χ3n) is 4.99. The van der Waals surface area contributed by atoms with Crippen molar-refractivity contribution < 1.29 is 14.1 Å². The molecule has 7 heteroatoms. The quantitative estimate of drug-likeness (QED) is 0.746. The van der Waals surface area contributed by atoms with Crippen LogP contribution in [0.4, 0.5) is 0 Å². The van der Waals surface area contributed by atoms with Gasteiger partial charge in [0, 0.05) is 48.6 Å². The van der Waals surface area contributed by atoms with Crippen LogP contribution < -0.4 is 5.32 Å². The molecule has 27 heavy (non-hydrogen) atoms. The van der Waals surface area contributed by atoms with Gasteiger partial charge in [0.1, 0.15) is 5.76 Å². The zero-order valence-electron chi connectivity index (χ0n) is 16.6. The van der Waals surface area contributed by atoms with Crippen LogP contribution in [0, 0.1) is 13.8 Å². The molecule has 0 aromatic carbocycles. The number of carbonyl (C=O) groups excluding carboxylic acids is 1. The van der Waals surface area contributed by atoms with Crippen LogP contribution in [0.2, 0.25) is 0 Å². The standard InChI is InChI=1S/C20H29N3O3S/c1-5-8-25-13(2)9-21-20(24)18-12-27-19-11-23(7-6-16(18)19)10-17-14(3)22-26-15(17)4/h12-13H,5-11H2,1-4H3,(H,21,24)/t13-/m1/s1. The van der Waals surface area contributed by atoms with Gasteiger partial charge in [0.2, 0.25) is 0 Å². The number of amides is 1. The zero-order valence-corrected chi connectivity index (χ0v) is 17.4. The molecule has 2 aromatic heterocycles. The fourth-order valence-corrected chi connectivity index (χ4v) is 4.49. The predicted octanol–water partition coefficient (Wildman–Crippen LogP) is 3.46. The van der Waals surface area contributed by atoms with Crippen LogP contribution in [-0.4, -0.2) is 41.8 Å². The van der Waals surface area contributed by atoms with Gasteiger partial charge in [-0.05, 0) is 39.2 Å². The second kappa shape index (κ2) is 8.99. The smallest absolute Gasteiger partial charge is 0.252 e. The predicted molar refractivity (Wildman–Crippen MR) is 106 cm³/mol. The van der Waals surface area contributed by atoms with Crippen molar-refractivity contribution in [2.24, 2.45) is 0 Å². The van der Waals surface area contributed by atoms with Crippen LogP contribution in [0.5, 0.6) is 0 Å². The summed E-state index contributed by atoms with van der Waals surface area (Å²) in [5.74, 6) is 0.905. The molecule has 0 saturated carbocycles. The molecule has 1 N–H and O–H groups in total. The van der Waals surface area contributed by atoms with Crippen LogP contribution >= 0.6 is 11.3 Å². The summed E-state index contributed by atoms with van der Waals surface area (Å²) in [7, 11) is 0. The summed E-state index contributed by atoms with van der Waals surface area (Å²) in [6, 6.07) is 0. The number of fused-ring (bicyclic) bond motifs is 1. The van der Waals surface area contributed by atoms with Gasteiger partial charge in [-0.15, -0.1) is 11.3 Å². The number of nitrogens with one attached hydrogen (secondary N) is 1. The van der Waals surface area contributed by atoms with E-state index in [-0.39, 0.29) is 12.0 Å². The first kappa shape index (κ1) is 20.0. The Morgan fingerprint density at radius 3 is 3.00 bits per heavy atom. The van der Waals surface area contributed by atoms with Gasteiger partial charge >= 0.3 is 0 Å². The van der Waals surface area contributed by atoms with Crippen molar-refractivity contribution in [3.8, 4) is 0 Å². The molecule has 1 amide bonds. The summed E-state index contributed by atoms with van der Waals surface area (Å²) in [5, 5.41) is 9.06. The Bertz CT molecular complexity index is 764. The lowest BCUT2D eigenvalue weighted by Gasteiger charge is -2.27.